The van der Waals surface area contributed by atoms with E-state index in [-0.39, 0.29) is 11.6 Å². The molecule has 2 aromatic carbocycles. The Bertz CT molecular complexity index is 997. The van der Waals surface area contributed by atoms with Crippen LogP contribution in [0.1, 0.15) is 16.1 Å². The Balaban J connectivity index is 1.73. The molecule has 0 radical (unpaired) electrons. The summed E-state index contributed by atoms with van der Waals surface area (Å²) in [5, 5.41) is 14.9. The second kappa shape index (κ2) is 7.75. The first kappa shape index (κ1) is 17.6. The van der Waals surface area contributed by atoms with Gasteiger partial charge in [-0.2, -0.15) is 5.10 Å². The van der Waals surface area contributed by atoms with Gasteiger partial charge in [-0.1, -0.05) is 24.3 Å². The van der Waals surface area contributed by atoms with Crippen molar-refractivity contribution in [1.82, 2.24) is 5.43 Å². The quantitative estimate of drug-likeness (QED) is 0.381. The van der Waals surface area contributed by atoms with Crippen LogP contribution in [0, 0.1) is 10.1 Å². The zero-order chi connectivity index (χ0) is 18.5. The van der Waals surface area contributed by atoms with E-state index < -0.39 is 4.92 Å². The lowest BCUT2D eigenvalue weighted by molar-refractivity contribution is -0.384. The summed E-state index contributed by atoms with van der Waals surface area (Å²) >= 11 is 3.30. The van der Waals surface area contributed by atoms with Gasteiger partial charge >= 0.3 is 0 Å². The summed E-state index contributed by atoms with van der Waals surface area (Å²) in [5.41, 5.74) is 3.17. The summed E-state index contributed by atoms with van der Waals surface area (Å²) in [7, 11) is 0. The maximum Gasteiger partial charge on any atom is 0.280 e. The molecule has 3 aromatic rings. The summed E-state index contributed by atoms with van der Waals surface area (Å²) in [5.74, 6) is 0.320. The Hall–Kier alpha value is -3.26. The highest BCUT2D eigenvalue weighted by atomic mass is 79.9. The van der Waals surface area contributed by atoms with Crippen LogP contribution >= 0.6 is 15.9 Å². The number of hydrogen-bond acceptors (Lipinski definition) is 5. The molecular formula is C18H12BrN3O4. The minimum Gasteiger partial charge on any atom is -0.455 e. The molecule has 0 saturated carbocycles. The van der Waals surface area contributed by atoms with Crippen LogP contribution in [0.25, 0.3) is 11.3 Å². The van der Waals surface area contributed by atoms with Crippen LogP contribution in [0.3, 0.4) is 0 Å². The molecule has 130 valence electrons. The van der Waals surface area contributed by atoms with Gasteiger partial charge in [0.2, 0.25) is 0 Å². The average Bonchev–Trinajstić information content (AvgIpc) is 3.10. The van der Waals surface area contributed by atoms with E-state index in [1.807, 2.05) is 0 Å². The molecule has 26 heavy (non-hydrogen) atoms. The number of nitrogens with one attached hydrogen (secondary N) is 1. The van der Waals surface area contributed by atoms with Crippen molar-refractivity contribution in [2.75, 3.05) is 0 Å². The van der Waals surface area contributed by atoms with Crippen LogP contribution in [-0.2, 0) is 0 Å². The van der Waals surface area contributed by atoms with Gasteiger partial charge in [-0.05, 0) is 46.3 Å². The number of hydrazone groups is 1. The smallest absolute Gasteiger partial charge is 0.280 e. The Morgan fingerprint density at radius 1 is 1.12 bits per heavy atom. The number of para-hydroxylation sites is 1. The van der Waals surface area contributed by atoms with Gasteiger partial charge in [-0.25, -0.2) is 5.43 Å². The first-order valence-corrected chi connectivity index (χ1v) is 8.27. The van der Waals surface area contributed by atoms with Crippen molar-refractivity contribution in [3.05, 3.63) is 86.6 Å². The molecule has 0 unspecified atom stereocenters. The Morgan fingerprint density at radius 3 is 2.62 bits per heavy atom. The van der Waals surface area contributed by atoms with Gasteiger partial charge in [-0.3, -0.25) is 14.9 Å². The van der Waals surface area contributed by atoms with E-state index >= 15 is 0 Å². The summed E-state index contributed by atoms with van der Waals surface area (Å²) in [6.45, 7) is 0. The van der Waals surface area contributed by atoms with E-state index in [0.717, 1.165) is 0 Å². The highest BCUT2D eigenvalue weighted by Crippen LogP contribution is 2.30. The fourth-order valence-corrected chi connectivity index (χ4v) is 2.73. The summed E-state index contributed by atoms with van der Waals surface area (Å²) in [6, 6.07) is 16.5. The number of hydrogen-bond donors (Lipinski definition) is 1. The number of nitro benzene ring substituents is 1. The van der Waals surface area contributed by atoms with Crippen molar-refractivity contribution in [3.8, 4) is 11.3 Å². The molecule has 0 atom stereocenters. The van der Waals surface area contributed by atoms with Crippen LogP contribution in [0.4, 0.5) is 5.69 Å². The van der Waals surface area contributed by atoms with Gasteiger partial charge in [0.15, 0.2) is 0 Å². The van der Waals surface area contributed by atoms with Crippen molar-refractivity contribution in [1.29, 1.82) is 0 Å². The second-order valence-corrected chi connectivity index (χ2v) is 6.01. The first-order valence-electron chi connectivity index (χ1n) is 7.48. The molecule has 0 aliphatic carbocycles. The lowest BCUT2D eigenvalue weighted by Gasteiger charge is -2.01. The van der Waals surface area contributed by atoms with E-state index in [4.69, 9.17) is 4.42 Å². The number of benzene rings is 2. The number of nitrogens with zero attached hydrogens (tertiary/aromatic N) is 2. The fraction of sp³-hybridized carbons (Fsp3) is 0. The zero-order valence-electron chi connectivity index (χ0n) is 13.3. The number of rotatable bonds is 5. The number of carbonyl (C=O) groups excluding carboxylic acids is 1. The molecule has 1 aromatic heterocycles. The summed E-state index contributed by atoms with van der Waals surface area (Å²) < 4.78 is 6.21. The molecule has 0 bridgehead atoms. The third-order valence-corrected chi connectivity index (χ3v) is 4.16. The maximum absolute atomic E-state index is 12.0. The summed E-state index contributed by atoms with van der Waals surface area (Å²) in [4.78, 5) is 22.7. The van der Waals surface area contributed by atoms with Crippen molar-refractivity contribution in [3.63, 3.8) is 0 Å². The monoisotopic (exact) mass is 413 g/mol. The molecule has 0 spiro atoms. The van der Waals surface area contributed by atoms with Crippen LogP contribution in [0.2, 0.25) is 0 Å². The van der Waals surface area contributed by atoms with E-state index in [9.17, 15) is 14.9 Å². The number of carbonyl (C=O) groups is 1. The van der Waals surface area contributed by atoms with Gasteiger partial charge in [0.25, 0.3) is 11.6 Å². The average molecular weight is 414 g/mol. The Labute approximate surface area is 156 Å². The molecule has 1 amide bonds. The Morgan fingerprint density at radius 2 is 1.85 bits per heavy atom. The van der Waals surface area contributed by atoms with E-state index in [1.54, 1.807) is 54.6 Å². The molecule has 0 aliphatic heterocycles. The van der Waals surface area contributed by atoms with E-state index in [1.165, 1.54) is 12.3 Å². The second-order valence-electron chi connectivity index (χ2n) is 5.16. The molecule has 3 rings (SSSR count). The minimum absolute atomic E-state index is 0.0485. The SMILES string of the molecule is O=C(NN=Cc1ccc(-c2ccccc2[N+](=O)[O-])o1)c1ccccc1Br. The van der Waals surface area contributed by atoms with Gasteiger partial charge in [0.1, 0.15) is 11.5 Å². The predicted octanol–water partition coefficient (Wildman–Crippen LogP) is 4.38. The van der Waals surface area contributed by atoms with Gasteiger partial charge in [0.05, 0.1) is 22.3 Å². The number of nitro groups is 1. The molecule has 0 saturated heterocycles. The van der Waals surface area contributed by atoms with Crippen LogP contribution in [0.15, 0.2) is 74.7 Å². The first-order chi connectivity index (χ1) is 12.6. The maximum atomic E-state index is 12.0. The molecule has 7 nitrogen and oxygen atoms in total. The number of amides is 1. The summed E-state index contributed by atoms with van der Waals surface area (Å²) in [6.07, 6.45) is 1.33. The van der Waals surface area contributed by atoms with Crippen LogP contribution in [-0.4, -0.2) is 17.0 Å². The van der Waals surface area contributed by atoms with Gasteiger partial charge in [0, 0.05) is 10.5 Å². The van der Waals surface area contributed by atoms with E-state index in [2.05, 4.69) is 26.5 Å². The largest absolute Gasteiger partial charge is 0.455 e. The highest BCUT2D eigenvalue weighted by Gasteiger charge is 2.16. The standard InChI is InChI=1S/C18H12BrN3O4/c19-15-7-3-1-5-13(15)18(23)21-20-11-12-9-10-17(26-12)14-6-2-4-8-16(14)22(24)25/h1-11H,(H,21,23). The lowest BCUT2D eigenvalue weighted by Crippen LogP contribution is -2.17. The fourth-order valence-electron chi connectivity index (χ4n) is 2.27. The van der Waals surface area contributed by atoms with Crippen molar-refractivity contribution >= 4 is 33.7 Å². The third kappa shape index (κ3) is 3.86. The van der Waals surface area contributed by atoms with Crippen molar-refractivity contribution in [2.24, 2.45) is 5.10 Å². The molecule has 1 heterocycles. The molecule has 1 N–H and O–H groups in total. The number of halogens is 1. The normalized spacial score (nSPS) is 10.8. The topological polar surface area (TPSA) is 97.7 Å². The molecular weight excluding hydrogens is 402 g/mol. The van der Waals surface area contributed by atoms with Crippen molar-refractivity contribution in [2.45, 2.75) is 0 Å². The van der Waals surface area contributed by atoms with Crippen molar-refractivity contribution < 1.29 is 14.1 Å². The van der Waals surface area contributed by atoms with Crippen LogP contribution in [0.5, 0.6) is 0 Å². The minimum atomic E-state index is -0.469. The lowest BCUT2D eigenvalue weighted by atomic mass is 10.1. The Kier molecular flexibility index (Phi) is 5.23. The van der Waals surface area contributed by atoms with Crippen LogP contribution < -0.4 is 5.43 Å². The van der Waals surface area contributed by atoms with Gasteiger partial charge in [-0.15, -0.1) is 0 Å². The molecule has 0 fully saturated rings. The predicted molar refractivity (Wildman–Crippen MR) is 100 cm³/mol. The number of furan rings is 1. The third-order valence-electron chi connectivity index (χ3n) is 3.47. The highest BCUT2D eigenvalue weighted by molar-refractivity contribution is 9.10. The molecule has 8 heteroatoms. The molecule has 0 aliphatic rings. The van der Waals surface area contributed by atoms with E-state index in [0.29, 0.717) is 27.1 Å². The van der Waals surface area contributed by atoms with Gasteiger partial charge < -0.3 is 4.42 Å². The zero-order valence-corrected chi connectivity index (χ0v) is 14.8.